The fraction of sp³-hybridized carbons (Fsp3) is 0.300. The zero-order valence-corrected chi connectivity index (χ0v) is 14.6. The van der Waals surface area contributed by atoms with Crippen LogP contribution in [0.2, 0.25) is 0 Å². The Morgan fingerprint density at radius 1 is 0.880 bits per heavy atom. The maximum Gasteiger partial charge on any atom is 0.343 e. The number of esters is 2. The van der Waals surface area contributed by atoms with Gasteiger partial charge in [-0.3, -0.25) is 4.79 Å². The summed E-state index contributed by atoms with van der Waals surface area (Å²) < 4.78 is 10.6. The fourth-order valence-electron chi connectivity index (χ4n) is 2.22. The lowest BCUT2D eigenvalue weighted by molar-refractivity contribution is -0.134. The van der Waals surface area contributed by atoms with Gasteiger partial charge in [-0.25, -0.2) is 4.79 Å². The standard InChI is InChI=1S/C20H23NO4/c1-3-4-5-6-19(22)24-17-11-7-15(8-12-17)20(23)25-18-13-9-16(21-2)10-14-18/h7-14,21H,3-6H2,1-2H3. The van der Waals surface area contributed by atoms with E-state index in [0.717, 1.165) is 24.9 Å². The molecule has 0 spiro atoms. The zero-order chi connectivity index (χ0) is 18.1. The number of carbonyl (C=O) groups is 2. The number of rotatable bonds is 8. The van der Waals surface area contributed by atoms with Crippen LogP contribution in [-0.2, 0) is 4.79 Å². The molecule has 1 N–H and O–H groups in total. The quantitative estimate of drug-likeness (QED) is 0.437. The summed E-state index contributed by atoms with van der Waals surface area (Å²) in [7, 11) is 1.82. The number of hydrogen-bond acceptors (Lipinski definition) is 5. The summed E-state index contributed by atoms with van der Waals surface area (Å²) in [5, 5.41) is 2.99. The molecule has 0 aromatic heterocycles. The van der Waals surface area contributed by atoms with Crippen LogP contribution in [0.5, 0.6) is 11.5 Å². The molecule has 132 valence electrons. The van der Waals surface area contributed by atoms with Crippen molar-refractivity contribution >= 4 is 17.6 Å². The van der Waals surface area contributed by atoms with Crippen molar-refractivity contribution in [3.05, 3.63) is 54.1 Å². The van der Waals surface area contributed by atoms with Gasteiger partial charge in [0.15, 0.2) is 0 Å². The molecule has 0 bridgehead atoms. The SMILES string of the molecule is CCCCCC(=O)Oc1ccc(C(=O)Oc2ccc(NC)cc2)cc1. The second kappa shape index (κ2) is 9.47. The number of hydrogen-bond donors (Lipinski definition) is 1. The van der Waals surface area contributed by atoms with E-state index in [1.165, 1.54) is 0 Å². The minimum Gasteiger partial charge on any atom is -0.427 e. The summed E-state index contributed by atoms with van der Waals surface area (Å²) in [6, 6.07) is 13.4. The van der Waals surface area contributed by atoms with Crippen molar-refractivity contribution in [2.45, 2.75) is 32.6 Å². The maximum absolute atomic E-state index is 12.1. The molecule has 0 aliphatic carbocycles. The lowest BCUT2D eigenvalue weighted by Gasteiger charge is -2.07. The van der Waals surface area contributed by atoms with Gasteiger partial charge in [-0.05, 0) is 55.0 Å². The van der Waals surface area contributed by atoms with Crippen LogP contribution in [0, 0.1) is 0 Å². The molecule has 2 aromatic carbocycles. The van der Waals surface area contributed by atoms with Crippen LogP contribution in [0.3, 0.4) is 0 Å². The molecular weight excluding hydrogens is 318 g/mol. The van der Waals surface area contributed by atoms with Crippen LogP contribution in [0.4, 0.5) is 5.69 Å². The van der Waals surface area contributed by atoms with Crippen molar-refractivity contribution in [3.8, 4) is 11.5 Å². The second-order valence-corrected chi connectivity index (χ2v) is 5.62. The van der Waals surface area contributed by atoms with E-state index >= 15 is 0 Å². The number of benzene rings is 2. The Balaban J connectivity index is 1.89. The minimum absolute atomic E-state index is 0.256. The van der Waals surface area contributed by atoms with Crippen molar-refractivity contribution in [1.29, 1.82) is 0 Å². The van der Waals surface area contributed by atoms with Crippen LogP contribution in [-0.4, -0.2) is 19.0 Å². The Bertz CT molecular complexity index is 693. The van der Waals surface area contributed by atoms with Gasteiger partial charge < -0.3 is 14.8 Å². The largest absolute Gasteiger partial charge is 0.427 e. The monoisotopic (exact) mass is 341 g/mol. The Hall–Kier alpha value is -2.82. The first-order valence-corrected chi connectivity index (χ1v) is 8.43. The van der Waals surface area contributed by atoms with Crippen molar-refractivity contribution in [1.82, 2.24) is 0 Å². The molecule has 0 atom stereocenters. The third-order valence-electron chi connectivity index (χ3n) is 3.66. The smallest absolute Gasteiger partial charge is 0.343 e. The van der Waals surface area contributed by atoms with Crippen molar-refractivity contribution in [2.24, 2.45) is 0 Å². The summed E-state index contributed by atoms with van der Waals surface area (Å²) in [4.78, 5) is 23.8. The average molecular weight is 341 g/mol. The zero-order valence-electron chi connectivity index (χ0n) is 14.6. The Labute approximate surface area is 148 Å². The average Bonchev–Trinajstić information content (AvgIpc) is 2.63. The van der Waals surface area contributed by atoms with Crippen LogP contribution < -0.4 is 14.8 Å². The van der Waals surface area contributed by atoms with Gasteiger partial charge in [0, 0.05) is 19.2 Å². The number of unbranched alkanes of at least 4 members (excludes halogenated alkanes) is 2. The van der Waals surface area contributed by atoms with Gasteiger partial charge in [-0.1, -0.05) is 19.8 Å². The molecule has 2 aromatic rings. The molecule has 25 heavy (non-hydrogen) atoms. The second-order valence-electron chi connectivity index (χ2n) is 5.62. The highest BCUT2D eigenvalue weighted by atomic mass is 16.5. The van der Waals surface area contributed by atoms with Crippen LogP contribution in [0.1, 0.15) is 43.0 Å². The highest BCUT2D eigenvalue weighted by molar-refractivity contribution is 5.91. The van der Waals surface area contributed by atoms with Crippen LogP contribution >= 0.6 is 0 Å². The summed E-state index contributed by atoms with van der Waals surface area (Å²) in [6.45, 7) is 2.08. The number of nitrogens with one attached hydrogen (secondary N) is 1. The van der Waals surface area contributed by atoms with E-state index in [1.54, 1.807) is 36.4 Å². The minimum atomic E-state index is -0.460. The fourth-order valence-corrected chi connectivity index (χ4v) is 2.22. The summed E-state index contributed by atoms with van der Waals surface area (Å²) in [5.41, 5.74) is 1.33. The van der Waals surface area contributed by atoms with Crippen LogP contribution in [0.25, 0.3) is 0 Å². The molecule has 0 fully saturated rings. The van der Waals surface area contributed by atoms with Gasteiger partial charge >= 0.3 is 11.9 Å². The molecule has 0 unspecified atom stereocenters. The van der Waals surface area contributed by atoms with Crippen molar-refractivity contribution in [2.75, 3.05) is 12.4 Å². The Morgan fingerprint density at radius 3 is 2.08 bits per heavy atom. The van der Waals surface area contributed by atoms with Gasteiger partial charge in [0.25, 0.3) is 0 Å². The molecule has 0 aliphatic heterocycles. The first-order chi connectivity index (χ1) is 12.1. The molecule has 0 saturated heterocycles. The molecular formula is C20H23NO4. The molecule has 0 aliphatic rings. The van der Waals surface area contributed by atoms with E-state index in [0.29, 0.717) is 23.5 Å². The van der Waals surface area contributed by atoms with E-state index in [-0.39, 0.29) is 5.97 Å². The van der Waals surface area contributed by atoms with E-state index in [4.69, 9.17) is 9.47 Å². The molecule has 5 nitrogen and oxygen atoms in total. The Morgan fingerprint density at radius 2 is 1.48 bits per heavy atom. The molecule has 0 amide bonds. The first-order valence-electron chi connectivity index (χ1n) is 8.43. The first kappa shape index (κ1) is 18.5. The van der Waals surface area contributed by atoms with Gasteiger partial charge in [-0.15, -0.1) is 0 Å². The third kappa shape index (κ3) is 5.95. The highest BCUT2D eigenvalue weighted by Gasteiger charge is 2.10. The summed E-state index contributed by atoms with van der Waals surface area (Å²) >= 11 is 0. The molecule has 5 heteroatoms. The number of anilines is 1. The topological polar surface area (TPSA) is 64.6 Å². The highest BCUT2D eigenvalue weighted by Crippen LogP contribution is 2.18. The summed E-state index contributed by atoms with van der Waals surface area (Å²) in [6.07, 6.45) is 3.29. The van der Waals surface area contributed by atoms with Crippen LogP contribution in [0.15, 0.2) is 48.5 Å². The molecule has 0 radical (unpaired) electrons. The van der Waals surface area contributed by atoms with Gasteiger partial charge in [0.1, 0.15) is 11.5 Å². The van der Waals surface area contributed by atoms with Gasteiger partial charge in [-0.2, -0.15) is 0 Å². The third-order valence-corrected chi connectivity index (χ3v) is 3.66. The predicted molar refractivity (Wildman–Crippen MR) is 97.2 cm³/mol. The Kier molecular flexibility index (Phi) is 7.01. The van der Waals surface area contributed by atoms with E-state index in [2.05, 4.69) is 12.2 Å². The lowest BCUT2D eigenvalue weighted by Crippen LogP contribution is -2.10. The van der Waals surface area contributed by atoms with E-state index in [9.17, 15) is 9.59 Å². The molecule has 0 saturated carbocycles. The van der Waals surface area contributed by atoms with Gasteiger partial charge in [0.05, 0.1) is 5.56 Å². The molecule has 0 heterocycles. The lowest BCUT2D eigenvalue weighted by atomic mass is 10.2. The number of ether oxygens (including phenoxy) is 2. The normalized spacial score (nSPS) is 10.2. The van der Waals surface area contributed by atoms with Crippen molar-refractivity contribution in [3.63, 3.8) is 0 Å². The van der Waals surface area contributed by atoms with E-state index in [1.807, 2.05) is 19.2 Å². The maximum atomic E-state index is 12.1. The predicted octanol–water partition coefficient (Wildman–Crippen LogP) is 4.43. The molecule has 2 rings (SSSR count). The van der Waals surface area contributed by atoms with Crippen molar-refractivity contribution < 1.29 is 19.1 Å². The van der Waals surface area contributed by atoms with Gasteiger partial charge in [0.2, 0.25) is 0 Å². The summed E-state index contributed by atoms with van der Waals surface area (Å²) in [5.74, 6) is 0.179. The number of carbonyl (C=O) groups excluding carboxylic acids is 2. The van der Waals surface area contributed by atoms with E-state index < -0.39 is 5.97 Å².